The van der Waals surface area contributed by atoms with E-state index in [2.05, 4.69) is 0 Å². The molecular formula is C9H21NO4. The Hall–Kier alpha value is -0.200. The van der Waals surface area contributed by atoms with Gasteiger partial charge in [-0.25, -0.2) is 0 Å². The minimum absolute atomic E-state index is 0.0858. The summed E-state index contributed by atoms with van der Waals surface area (Å²) in [5.74, 6) is 0. The molecule has 0 amide bonds. The molecule has 0 aromatic rings. The number of methoxy groups -OCH3 is 1. The summed E-state index contributed by atoms with van der Waals surface area (Å²) in [6, 6.07) is 0. The molecule has 5 heteroatoms. The maximum atomic E-state index is 8.81. The lowest BCUT2D eigenvalue weighted by atomic mass is 10.1. The second kappa shape index (κ2) is 8.14. The van der Waals surface area contributed by atoms with Gasteiger partial charge in [-0.05, 0) is 6.92 Å². The number of nitrogens with two attached hydrogens (primary N) is 1. The molecular weight excluding hydrogens is 186 g/mol. The molecule has 1 atom stereocenters. The average molecular weight is 207 g/mol. The normalized spacial score (nSPS) is 15.4. The van der Waals surface area contributed by atoms with Gasteiger partial charge >= 0.3 is 0 Å². The number of aliphatic hydroxyl groups is 1. The van der Waals surface area contributed by atoms with Gasteiger partial charge in [-0.3, -0.25) is 0 Å². The highest BCUT2D eigenvalue weighted by Crippen LogP contribution is 1.97. The van der Waals surface area contributed by atoms with Gasteiger partial charge in [0, 0.05) is 7.11 Å². The van der Waals surface area contributed by atoms with Crippen molar-refractivity contribution in [1.29, 1.82) is 0 Å². The van der Waals surface area contributed by atoms with Crippen LogP contribution in [0.4, 0.5) is 0 Å². The molecule has 3 N–H and O–H groups in total. The Bertz CT molecular complexity index is 130. The van der Waals surface area contributed by atoms with Crippen LogP contribution in [0.5, 0.6) is 0 Å². The Morgan fingerprint density at radius 2 is 1.71 bits per heavy atom. The van der Waals surface area contributed by atoms with Gasteiger partial charge in [0.25, 0.3) is 0 Å². The van der Waals surface area contributed by atoms with Gasteiger partial charge in [-0.1, -0.05) is 0 Å². The number of hydrogen-bond acceptors (Lipinski definition) is 5. The summed E-state index contributed by atoms with van der Waals surface area (Å²) in [5, 5.41) is 8.81. The monoisotopic (exact) mass is 207 g/mol. The van der Waals surface area contributed by atoms with E-state index < -0.39 is 5.54 Å². The second-order valence-corrected chi connectivity index (χ2v) is 3.47. The summed E-state index contributed by atoms with van der Waals surface area (Å²) in [6.45, 7) is 4.14. The molecule has 0 rings (SSSR count). The van der Waals surface area contributed by atoms with Crippen molar-refractivity contribution in [3.05, 3.63) is 0 Å². The van der Waals surface area contributed by atoms with Crippen LogP contribution < -0.4 is 5.73 Å². The second-order valence-electron chi connectivity index (χ2n) is 3.47. The van der Waals surface area contributed by atoms with Crippen molar-refractivity contribution < 1.29 is 19.3 Å². The summed E-state index contributed by atoms with van der Waals surface area (Å²) < 4.78 is 15.2. The minimum atomic E-state index is -0.660. The zero-order valence-electron chi connectivity index (χ0n) is 8.99. The molecule has 0 fully saturated rings. The van der Waals surface area contributed by atoms with Crippen molar-refractivity contribution in [3.8, 4) is 0 Å². The predicted octanol–water partition coefficient (Wildman–Crippen LogP) is -0.624. The first-order valence-electron chi connectivity index (χ1n) is 4.66. The maximum Gasteiger partial charge on any atom is 0.0701 e. The highest BCUT2D eigenvalue weighted by molar-refractivity contribution is 4.76. The van der Waals surface area contributed by atoms with E-state index in [0.29, 0.717) is 33.0 Å². The zero-order valence-corrected chi connectivity index (χ0v) is 8.99. The molecule has 0 aliphatic heterocycles. The highest BCUT2D eigenvalue weighted by Gasteiger charge is 2.16. The van der Waals surface area contributed by atoms with Gasteiger partial charge in [0.15, 0.2) is 0 Å². The molecule has 0 aromatic carbocycles. The van der Waals surface area contributed by atoms with Crippen molar-refractivity contribution in [3.63, 3.8) is 0 Å². The fourth-order valence-corrected chi connectivity index (χ4v) is 0.713. The van der Waals surface area contributed by atoms with Crippen LogP contribution in [0.2, 0.25) is 0 Å². The van der Waals surface area contributed by atoms with Crippen molar-refractivity contribution in [2.75, 3.05) is 46.8 Å². The lowest BCUT2D eigenvalue weighted by Gasteiger charge is -2.21. The molecule has 0 saturated heterocycles. The smallest absolute Gasteiger partial charge is 0.0701 e. The summed E-state index contributed by atoms with van der Waals surface area (Å²) in [4.78, 5) is 0. The quantitative estimate of drug-likeness (QED) is 0.493. The first-order valence-corrected chi connectivity index (χ1v) is 4.66. The zero-order chi connectivity index (χ0) is 10.9. The number of rotatable bonds is 9. The average Bonchev–Trinajstić information content (AvgIpc) is 2.16. The van der Waals surface area contributed by atoms with Gasteiger partial charge in [-0.15, -0.1) is 0 Å². The fourth-order valence-electron chi connectivity index (χ4n) is 0.713. The summed E-state index contributed by atoms with van der Waals surface area (Å²) in [5.41, 5.74) is 4.98. The summed E-state index contributed by atoms with van der Waals surface area (Å²) >= 11 is 0. The molecule has 14 heavy (non-hydrogen) atoms. The first kappa shape index (κ1) is 13.8. The Morgan fingerprint density at radius 3 is 2.29 bits per heavy atom. The summed E-state index contributed by atoms with van der Waals surface area (Å²) in [7, 11) is 1.63. The summed E-state index contributed by atoms with van der Waals surface area (Å²) in [6.07, 6.45) is 0. The minimum Gasteiger partial charge on any atom is -0.394 e. The van der Waals surface area contributed by atoms with Crippen LogP contribution in [0, 0.1) is 0 Å². The fraction of sp³-hybridized carbons (Fsp3) is 1.00. The van der Waals surface area contributed by atoms with E-state index in [1.807, 2.05) is 0 Å². The number of hydrogen-bond donors (Lipinski definition) is 2. The van der Waals surface area contributed by atoms with Crippen LogP contribution >= 0.6 is 0 Å². The maximum absolute atomic E-state index is 8.81. The molecule has 0 bridgehead atoms. The van der Waals surface area contributed by atoms with Crippen LogP contribution in [0.25, 0.3) is 0 Å². The third kappa shape index (κ3) is 8.40. The van der Waals surface area contributed by atoms with Crippen LogP contribution in [-0.2, 0) is 14.2 Å². The Labute approximate surface area is 85.1 Å². The largest absolute Gasteiger partial charge is 0.394 e. The van der Waals surface area contributed by atoms with Gasteiger partial charge in [0.1, 0.15) is 0 Å². The van der Waals surface area contributed by atoms with E-state index in [1.165, 1.54) is 0 Å². The Morgan fingerprint density at radius 1 is 1.14 bits per heavy atom. The first-order chi connectivity index (χ1) is 6.62. The SMILES string of the molecule is COCCOCCOCC(C)(N)CO. The van der Waals surface area contributed by atoms with Crippen molar-refractivity contribution >= 4 is 0 Å². The van der Waals surface area contributed by atoms with E-state index in [9.17, 15) is 0 Å². The molecule has 0 aliphatic rings. The van der Waals surface area contributed by atoms with E-state index in [1.54, 1.807) is 14.0 Å². The van der Waals surface area contributed by atoms with Crippen molar-refractivity contribution in [2.45, 2.75) is 12.5 Å². The van der Waals surface area contributed by atoms with Crippen LogP contribution in [-0.4, -0.2) is 57.4 Å². The number of aliphatic hydroxyl groups excluding tert-OH is 1. The Kier molecular flexibility index (Phi) is 8.02. The molecule has 0 heterocycles. The predicted molar refractivity (Wildman–Crippen MR) is 53.2 cm³/mol. The van der Waals surface area contributed by atoms with E-state index in [0.717, 1.165) is 0 Å². The van der Waals surface area contributed by atoms with Crippen LogP contribution in [0.15, 0.2) is 0 Å². The molecule has 86 valence electrons. The van der Waals surface area contributed by atoms with Gasteiger partial charge < -0.3 is 25.1 Å². The topological polar surface area (TPSA) is 73.9 Å². The molecule has 5 nitrogen and oxygen atoms in total. The molecule has 0 radical (unpaired) electrons. The Balaban J connectivity index is 3.13. The molecule has 1 unspecified atom stereocenters. The lowest BCUT2D eigenvalue weighted by Crippen LogP contribution is -2.45. The van der Waals surface area contributed by atoms with E-state index in [-0.39, 0.29) is 6.61 Å². The lowest BCUT2D eigenvalue weighted by molar-refractivity contribution is 0.00576. The molecule has 0 aliphatic carbocycles. The van der Waals surface area contributed by atoms with E-state index >= 15 is 0 Å². The van der Waals surface area contributed by atoms with Crippen LogP contribution in [0.3, 0.4) is 0 Å². The molecule has 0 saturated carbocycles. The standard InChI is InChI=1S/C9H21NO4/c1-9(10,7-11)8-14-6-5-13-4-3-12-2/h11H,3-8,10H2,1-2H3. The highest BCUT2D eigenvalue weighted by atomic mass is 16.5. The number of ether oxygens (including phenoxy) is 3. The van der Waals surface area contributed by atoms with Crippen molar-refractivity contribution in [2.24, 2.45) is 5.73 Å². The molecule has 0 spiro atoms. The van der Waals surface area contributed by atoms with Gasteiger partial charge in [-0.2, -0.15) is 0 Å². The van der Waals surface area contributed by atoms with E-state index in [4.69, 9.17) is 25.1 Å². The third-order valence-corrected chi connectivity index (χ3v) is 1.60. The van der Waals surface area contributed by atoms with Gasteiger partial charge in [0.05, 0.1) is 45.2 Å². The van der Waals surface area contributed by atoms with Crippen LogP contribution in [0.1, 0.15) is 6.92 Å². The third-order valence-electron chi connectivity index (χ3n) is 1.60. The molecule has 0 aromatic heterocycles. The van der Waals surface area contributed by atoms with Crippen molar-refractivity contribution in [1.82, 2.24) is 0 Å². The van der Waals surface area contributed by atoms with Gasteiger partial charge in [0.2, 0.25) is 0 Å².